The van der Waals surface area contributed by atoms with E-state index >= 15 is 0 Å². The summed E-state index contributed by atoms with van der Waals surface area (Å²) in [5.41, 5.74) is -0.251. The Morgan fingerprint density at radius 3 is 2.49 bits per heavy atom. The summed E-state index contributed by atoms with van der Waals surface area (Å²) in [5, 5.41) is 44.2. The molecule has 216 valence electrons. The highest BCUT2D eigenvalue weighted by atomic mass is 35.5. The second kappa shape index (κ2) is 11.7. The molecule has 2 heterocycles. The van der Waals surface area contributed by atoms with Crippen LogP contribution in [0.15, 0.2) is 24.3 Å². The molecule has 2 aromatic rings. The molecule has 0 spiro atoms. The number of phenolic OH excluding ortho intramolecular Hbond substituents is 2. The van der Waals surface area contributed by atoms with Crippen LogP contribution in [-0.2, 0) is 20.8 Å². The van der Waals surface area contributed by atoms with Crippen LogP contribution in [0.25, 0.3) is 0 Å². The van der Waals surface area contributed by atoms with E-state index in [9.17, 15) is 44.3 Å². The van der Waals surface area contributed by atoms with Gasteiger partial charge in [0.2, 0.25) is 5.91 Å². The van der Waals surface area contributed by atoms with Gasteiger partial charge in [-0.25, -0.2) is 9.59 Å². The standard InChI is InChI=1S/C24H23BCl2N4O10/c1-2-30-7-8-31(22(36)21(30)35)24(39)29-17(11-4-6-13(32)18(33)16(11)27)20(34)28-14-9-10-3-5-12(26)15(23(37)38)19(10)41-25(14)40/h3-6,14,17,32-33,40H,2,7-9H2,1H3,(H,28,34)(H,29,39)(H,37,38)/t14-,17?/m0/s1. The third-order valence-corrected chi connectivity index (χ3v) is 7.37. The SMILES string of the molecule is CCN1CCN(C(=O)NC(C(=O)N[C@H]2Cc3ccc(Cl)c(C(=O)O)c3OB2O)c2ccc(O)c(O)c2Cl)C(=O)C1=O. The highest BCUT2D eigenvalue weighted by molar-refractivity contribution is 6.47. The number of phenols is 2. The summed E-state index contributed by atoms with van der Waals surface area (Å²) >= 11 is 12.1. The zero-order valence-electron chi connectivity index (χ0n) is 21.3. The Kier molecular flexibility index (Phi) is 8.51. The maximum Gasteiger partial charge on any atom is 0.547 e. The molecular weight excluding hydrogens is 586 g/mol. The first kappa shape index (κ1) is 29.8. The lowest BCUT2D eigenvalue weighted by molar-refractivity contribution is -0.153. The number of urea groups is 1. The average Bonchev–Trinajstić information content (AvgIpc) is 2.92. The van der Waals surface area contributed by atoms with Crippen LogP contribution in [0.4, 0.5) is 4.79 Å². The largest absolute Gasteiger partial charge is 0.547 e. The van der Waals surface area contributed by atoms with Gasteiger partial charge in [-0.1, -0.05) is 35.3 Å². The number of amides is 5. The van der Waals surface area contributed by atoms with E-state index < -0.39 is 65.3 Å². The van der Waals surface area contributed by atoms with Crippen LogP contribution >= 0.6 is 23.2 Å². The van der Waals surface area contributed by atoms with E-state index in [0.29, 0.717) is 10.5 Å². The van der Waals surface area contributed by atoms with Crippen molar-refractivity contribution in [1.29, 1.82) is 0 Å². The Morgan fingerprint density at radius 2 is 1.83 bits per heavy atom. The summed E-state index contributed by atoms with van der Waals surface area (Å²) in [6, 6.07) is 2.12. The molecule has 6 N–H and O–H groups in total. The van der Waals surface area contributed by atoms with Crippen molar-refractivity contribution in [3.8, 4) is 17.2 Å². The molecule has 0 aliphatic carbocycles. The maximum absolute atomic E-state index is 13.5. The minimum absolute atomic E-state index is 0.0689. The third kappa shape index (κ3) is 5.69. The van der Waals surface area contributed by atoms with Crippen LogP contribution in [0.3, 0.4) is 0 Å². The Hall–Kier alpha value is -4.21. The van der Waals surface area contributed by atoms with E-state index in [0.717, 1.165) is 12.1 Å². The van der Waals surface area contributed by atoms with Crippen LogP contribution in [0.1, 0.15) is 34.5 Å². The number of halogens is 2. The number of benzene rings is 2. The molecule has 14 nitrogen and oxygen atoms in total. The molecule has 4 rings (SSSR count). The fraction of sp³-hybridized carbons (Fsp3) is 0.292. The van der Waals surface area contributed by atoms with E-state index in [1.807, 2.05) is 0 Å². The first-order chi connectivity index (χ1) is 19.3. The Balaban J connectivity index is 1.62. The number of aromatic carboxylic acids is 1. The number of carbonyl (C=O) groups excluding carboxylic acids is 4. The molecule has 0 aromatic heterocycles. The number of piperazine rings is 1. The summed E-state index contributed by atoms with van der Waals surface area (Å²) in [7, 11) is -1.75. The monoisotopic (exact) mass is 608 g/mol. The molecule has 5 amide bonds. The van der Waals surface area contributed by atoms with Crippen molar-refractivity contribution in [2.45, 2.75) is 25.3 Å². The normalized spacial score (nSPS) is 17.5. The molecule has 0 saturated carbocycles. The second-order valence-corrected chi connectivity index (χ2v) is 9.89. The number of carbonyl (C=O) groups is 5. The Bertz CT molecular complexity index is 1460. The van der Waals surface area contributed by atoms with Gasteiger partial charge in [0.05, 0.1) is 16.0 Å². The summed E-state index contributed by atoms with van der Waals surface area (Å²) in [4.78, 5) is 65.0. The number of carboxylic acids is 1. The summed E-state index contributed by atoms with van der Waals surface area (Å²) < 4.78 is 5.38. The fourth-order valence-electron chi connectivity index (χ4n) is 4.47. The van der Waals surface area contributed by atoms with Gasteiger partial charge in [-0.3, -0.25) is 19.3 Å². The van der Waals surface area contributed by atoms with Crippen molar-refractivity contribution in [2.24, 2.45) is 0 Å². The quantitative estimate of drug-likeness (QED) is 0.154. The van der Waals surface area contributed by atoms with E-state index in [2.05, 4.69) is 10.6 Å². The number of imide groups is 1. The predicted octanol–water partition coefficient (Wildman–Crippen LogP) is 0.684. The van der Waals surface area contributed by atoms with Gasteiger partial charge in [0, 0.05) is 25.2 Å². The molecular formula is C24H23BCl2N4O10. The van der Waals surface area contributed by atoms with Gasteiger partial charge in [-0.15, -0.1) is 0 Å². The molecule has 1 fully saturated rings. The van der Waals surface area contributed by atoms with Gasteiger partial charge in [0.1, 0.15) is 17.4 Å². The molecule has 1 saturated heterocycles. The first-order valence-electron chi connectivity index (χ1n) is 12.2. The lowest BCUT2D eigenvalue weighted by Gasteiger charge is -2.33. The lowest BCUT2D eigenvalue weighted by atomic mass is 9.72. The van der Waals surface area contributed by atoms with Gasteiger partial charge in [0.25, 0.3) is 0 Å². The van der Waals surface area contributed by atoms with Crippen LogP contribution in [0.2, 0.25) is 10.0 Å². The molecule has 0 radical (unpaired) electrons. The number of carboxylic acid groups (broad SMARTS) is 1. The summed E-state index contributed by atoms with van der Waals surface area (Å²) in [6.45, 7) is 1.83. The highest BCUT2D eigenvalue weighted by Crippen LogP contribution is 2.39. The minimum atomic E-state index is -1.75. The van der Waals surface area contributed by atoms with E-state index in [-0.39, 0.29) is 48.0 Å². The van der Waals surface area contributed by atoms with E-state index in [1.165, 1.54) is 17.0 Å². The van der Waals surface area contributed by atoms with Gasteiger partial charge in [0.15, 0.2) is 11.5 Å². The number of hydrogen-bond donors (Lipinski definition) is 6. The van der Waals surface area contributed by atoms with Crippen molar-refractivity contribution < 1.29 is 49.0 Å². The zero-order chi connectivity index (χ0) is 30.2. The molecule has 1 unspecified atom stereocenters. The molecule has 41 heavy (non-hydrogen) atoms. The van der Waals surface area contributed by atoms with Crippen molar-refractivity contribution >= 4 is 60.0 Å². The number of nitrogens with one attached hydrogen (secondary N) is 2. The second-order valence-electron chi connectivity index (χ2n) is 9.10. The van der Waals surface area contributed by atoms with Gasteiger partial charge in [-0.2, -0.15) is 0 Å². The van der Waals surface area contributed by atoms with Gasteiger partial charge < -0.3 is 40.5 Å². The lowest BCUT2D eigenvalue weighted by Crippen LogP contribution is -2.60. The van der Waals surface area contributed by atoms with Gasteiger partial charge >= 0.3 is 30.9 Å². The van der Waals surface area contributed by atoms with Crippen molar-refractivity contribution in [3.05, 3.63) is 51.0 Å². The van der Waals surface area contributed by atoms with E-state index in [1.54, 1.807) is 6.92 Å². The molecule has 2 aliphatic rings. The van der Waals surface area contributed by atoms with E-state index in [4.69, 9.17) is 27.9 Å². The van der Waals surface area contributed by atoms with Crippen LogP contribution in [0, 0.1) is 0 Å². The minimum Gasteiger partial charge on any atom is -0.534 e. The average molecular weight is 609 g/mol. The Morgan fingerprint density at radius 1 is 1.12 bits per heavy atom. The number of likely N-dealkylation sites (N-methyl/N-ethyl adjacent to an activating group) is 1. The fourth-order valence-corrected chi connectivity index (χ4v) is 4.97. The highest BCUT2D eigenvalue weighted by Gasteiger charge is 2.42. The number of fused-ring (bicyclic) bond motifs is 1. The van der Waals surface area contributed by atoms with Crippen LogP contribution < -0.4 is 15.3 Å². The molecule has 2 aromatic carbocycles. The van der Waals surface area contributed by atoms with Gasteiger partial charge in [-0.05, 0) is 31.0 Å². The van der Waals surface area contributed by atoms with Crippen molar-refractivity contribution in [3.63, 3.8) is 0 Å². The van der Waals surface area contributed by atoms with Crippen molar-refractivity contribution in [2.75, 3.05) is 19.6 Å². The molecule has 2 aliphatic heterocycles. The topological polar surface area (TPSA) is 206 Å². The van der Waals surface area contributed by atoms with Crippen LogP contribution in [-0.4, -0.2) is 92.6 Å². The van der Waals surface area contributed by atoms with Crippen molar-refractivity contribution in [1.82, 2.24) is 20.4 Å². The number of hydrogen-bond acceptors (Lipinski definition) is 9. The zero-order valence-corrected chi connectivity index (χ0v) is 22.8. The summed E-state index contributed by atoms with van der Waals surface area (Å²) in [6.07, 6.45) is -0.110. The predicted molar refractivity (Wildman–Crippen MR) is 143 cm³/mol. The molecule has 0 bridgehead atoms. The molecule has 2 atom stereocenters. The summed E-state index contributed by atoms with van der Waals surface area (Å²) in [5.74, 6) is -7.13. The molecule has 17 heteroatoms. The maximum atomic E-state index is 13.5. The number of nitrogens with zero attached hydrogens (tertiary/aromatic N) is 2. The number of rotatable bonds is 6. The Labute approximate surface area is 242 Å². The number of aromatic hydroxyl groups is 2. The third-order valence-electron chi connectivity index (χ3n) is 6.65. The first-order valence-corrected chi connectivity index (χ1v) is 12.9. The smallest absolute Gasteiger partial charge is 0.534 e. The van der Waals surface area contributed by atoms with Crippen LogP contribution in [0.5, 0.6) is 17.2 Å².